The van der Waals surface area contributed by atoms with Crippen LogP contribution in [0.3, 0.4) is 0 Å². The summed E-state index contributed by atoms with van der Waals surface area (Å²) in [4.78, 5) is 11.3. The van der Waals surface area contributed by atoms with E-state index in [9.17, 15) is 9.90 Å². The molecule has 0 fully saturated rings. The molecule has 2 rings (SSSR count). The molecule has 0 atom stereocenters. The molecule has 0 unspecified atom stereocenters. The fourth-order valence-corrected chi connectivity index (χ4v) is 1.69. The zero-order valence-electron chi connectivity index (χ0n) is 11.1. The monoisotopic (exact) mass is 262 g/mol. The Morgan fingerprint density at radius 1 is 1.32 bits per heavy atom. The third kappa shape index (κ3) is 2.40. The number of ether oxygens (including phenoxy) is 1. The lowest BCUT2D eigenvalue weighted by atomic mass is 10.1. The Morgan fingerprint density at radius 2 is 2.00 bits per heavy atom. The van der Waals surface area contributed by atoms with Gasteiger partial charge in [0.05, 0.1) is 11.4 Å². The maximum atomic E-state index is 11.3. The Balaban J connectivity index is 2.49. The Hall–Kier alpha value is -2.44. The summed E-state index contributed by atoms with van der Waals surface area (Å²) in [6.45, 7) is 5.19. The van der Waals surface area contributed by atoms with E-state index in [4.69, 9.17) is 4.74 Å². The van der Waals surface area contributed by atoms with E-state index in [1.54, 1.807) is 27.0 Å². The number of carbonyl (C=O) groups is 1. The van der Waals surface area contributed by atoms with Crippen LogP contribution in [0.15, 0.2) is 6.07 Å². The first-order valence-electron chi connectivity index (χ1n) is 5.65. The molecule has 7 heteroatoms. The maximum absolute atomic E-state index is 11.3. The Kier molecular flexibility index (Phi) is 3.20. The molecular formula is C12H14N4O3. The molecule has 100 valence electrons. The Bertz CT molecular complexity index is 649. The maximum Gasteiger partial charge on any atom is 0.341 e. The van der Waals surface area contributed by atoms with Crippen LogP contribution in [-0.2, 0) is 7.05 Å². The molecular weight excluding hydrogens is 248 g/mol. The van der Waals surface area contributed by atoms with Gasteiger partial charge in [-0.2, -0.15) is 10.2 Å². The summed E-state index contributed by atoms with van der Waals surface area (Å²) in [5, 5.41) is 21.1. The van der Waals surface area contributed by atoms with Crippen molar-refractivity contribution < 1.29 is 14.6 Å². The van der Waals surface area contributed by atoms with E-state index in [-0.39, 0.29) is 11.4 Å². The average Bonchev–Trinajstić information content (AvgIpc) is 2.62. The number of aromatic carboxylic acids is 1. The van der Waals surface area contributed by atoms with Gasteiger partial charge in [0.2, 0.25) is 5.88 Å². The number of aromatic nitrogens is 4. The van der Waals surface area contributed by atoms with Crippen LogP contribution in [-0.4, -0.2) is 31.1 Å². The van der Waals surface area contributed by atoms with Crippen molar-refractivity contribution in [3.05, 3.63) is 28.6 Å². The van der Waals surface area contributed by atoms with Gasteiger partial charge in [-0.05, 0) is 26.3 Å². The summed E-state index contributed by atoms with van der Waals surface area (Å²) in [6.07, 6.45) is 0. The van der Waals surface area contributed by atoms with Gasteiger partial charge in [0.1, 0.15) is 5.56 Å². The second-order valence-corrected chi connectivity index (χ2v) is 4.25. The van der Waals surface area contributed by atoms with Gasteiger partial charge >= 0.3 is 5.97 Å². The molecule has 0 radical (unpaired) electrons. The number of hydrogen-bond donors (Lipinski definition) is 1. The number of carboxylic acids is 1. The molecule has 0 aliphatic heterocycles. The quantitative estimate of drug-likeness (QED) is 0.904. The molecule has 2 aromatic rings. The summed E-state index contributed by atoms with van der Waals surface area (Å²) in [5.41, 5.74) is 1.89. The van der Waals surface area contributed by atoms with Gasteiger partial charge in [-0.15, -0.1) is 5.10 Å². The van der Waals surface area contributed by atoms with E-state index in [1.807, 2.05) is 6.92 Å². The van der Waals surface area contributed by atoms with E-state index < -0.39 is 5.97 Å². The van der Waals surface area contributed by atoms with Crippen molar-refractivity contribution in [3.63, 3.8) is 0 Å². The SMILES string of the molecule is Cc1cc(Oc2nnc(C)c(C)c2C(=O)O)n(C)n1. The molecule has 0 aromatic carbocycles. The van der Waals surface area contributed by atoms with Crippen LogP contribution in [0.25, 0.3) is 0 Å². The lowest BCUT2D eigenvalue weighted by Crippen LogP contribution is -2.09. The third-order valence-electron chi connectivity index (χ3n) is 2.80. The number of aryl methyl sites for hydroxylation is 3. The van der Waals surface area contributed by atoms with Crippen molar-refractivity contribution >= 4 is 5.97 Å². The zero-order valence-corrected chi connectivity index (χ0v) is 11.1. The minimum Gasteiger partial charge on any atom is -0.477 e. The van der Waals surface area contributed by atoms with Crippen LogP contribution >= 0.6 is 0 Å². The first-order valence-corrected chi connectivity index (χ1v) is 5.65. The van der Waals surface area contributed by atoms with Gasteiger partial charge in [0.25, 0.3) is 5.88 Å². The summed E-state index contributed by atoms with van der Waals surface area (Å²) >= 11 is 0. The van der Waals surface area contributed by atoms with Crippen molar-refractivity contribution in [1.82, 2.24) is 20.0 Å². The van der Waals surface area contributed by atoms with Gasteiger partial charge in [-0.25, -0.2) is 9.48 Å². The van der Waals surface area contributed by atoms with Crippen molar-refractivity contribution in [2.24, 2.45) is 7.05 Å². The topological polar surface area (TPSA) is 90.1 Å². The highest BCUT2D eigenvalue weighted by atomic mass is 16.5. The fourth-order valence-electron chi connectivity index (χ4n) is 1.69. The molecule has 0 saturated carbocycles. The number of hydrogen-bond acceptors (Lipinski definition) is 5. The molecule has 0 bridgehead atoms. The predicted molar refractivity (Wildman–Crippen MR) is 66.5 cm³/mol. The van der Waals surface area contributed by atoms with E-state index >= 15 is 0 Å². The van der Waals surface area contributed by atoms with E-state index in [0.717, 1.165) is 5.69 Å². The molecule has 19 heavy (non-hydrogen) atoms. The van der Waals surface area contributed by atoms with Crippen LogP contribution in [0.5, 0.6) is 11.8 Å². The minimum absolute atomic E-state index is 0.0198. The molecule has 2 aromatic heterocycles. The fraction of sp³-hybridized carbons (Fsp3) is 0.333. The van der Waals surface area contributed by atoms with Crippen LogP contribution in [0, 0.1) is 20.8 Å². The molecule has 0 amide bonds. The van der Waals surface area contributed by atoms with E-state index in [0.29, 0.717) is 17.1 Å². The molecule has 7 nitrogen and oxygen atoms in total. The molecule has 0 spiro atoms. The van der Waals surface area contributed by atoms with Gasteiger partial charge < -0.3 is 9.84 Å². The molecule has 0 saturated heterocycles. The van der Waals surface area contributed by atoms with Crippen LogP contribution in [0.4, 0.5) is 0 Å². The first kappa shape index (κ1) is 13.0. The van der Waals surface area contributed by atoms with Gasteiger partial charge in [-0.1, -0.05) is 0 Å². The van der Waals surface area contributed by atoms with Gasteiger partial charge in [0.15, 0.2) is 0 Å². The van der Waals surface area contributed by atoms with Crippen LogP contribution < -0.4 is 4.74 Å². The van der Waals surface area contributed by atoms with E-state index in [1.165, 1.54) is 4.68 Å². The van der Waals surface area contributed by atoms with Crippen molar-refractivity contribution in [2.75, 3.05) is 0 Å². The van der Waals surface area contributed by atoms with Crippen LogP contribution in [0.2, 0.25) is 0 Å². The van der Waals surface area contributed by atoms with Gasteiger partial charge in [-0.3, -0.25) is 0 Å². The first-order chi connectivity index (χ1) is 8.90. The highest BCUT2D eigenvalue weighted by Crippen LogP contribution is 2.26. The summed E-state index contributed by atoms with van der Waals surface area (Å²) < 4.78 is 7.02. The van der Waals surface area contributed by atoms with Crippen LogP contribution in [0.1, 0.15) is 27.3 Å². The second-order valence-electron chi connectivity index (χ2n) is 4.25. The Labute approximate surface area is 109 Å². The molecule has 0 aliphatic rings. The molecule has 0 aliphatic carbocycles. The lowest BCUT2D eigenvalue weighted by Gasteiger charge is -2.09. The number of rotatable bonds is 3. The molecule has 2 heterocycles. The standard InChI is InChI=1S/C12H14N4O3/c1-6-5-9(16(4)15-6)19-11-10(12(17)18)7(2)8(3)13-14-11/h5H,1-4H3,(H,17,18). The summed E-state index contributed by atoms with van der Waals surface area (Å²) in [5.74, 6) is -0.708. The van der Waals surface area contributed by atoms with Crippen molar-refractivity contribution in [2.45, 2.75) is 20.8 Å². The summed E-state index contributed by atoms with van der Waals surface area (Å²) in [6, 6.07) is 1.70. The third-order valence-corrected chi connectivity index (χ3v) is 2.80. The number of carboxylic acid groups (broad SMARTS) is 1. The second kappa shape index (κ2) is 4.68. The highest BCUT2D eigenvalue weighted by molar-refractivity contribution is 5.92. The smallest absolute Gasteiger partial charge is 0.341 e. The Morgan fingerprint density at radius 3 is 2.53 bits per heavy atom. The molecule has 1 N–H and O–H groups in total. The largest absolute Gasteiger partial charge is 0.477 e. The summed E-state index contributed by atoms with van der Waals surface area (Å²) in [7, 11) is 1.71. The van der Waals surface area contributed by atoms with Crippen molar-refractivity contribution in [1.29, 1.82) is 0 Å². The van der Waals surface area contributed by atoms with Gasteiger partial charge in [0, 0.05) is 13.1 Å². The van der Waals surface area contributed by atoms with E-state index in [2.05, 4.69) is 15.3 Å². The number of nitrogens with zero attached hydrogens (tertiary/aromatic N) is 4. The average molecular weight is 262 g/mol. The highest BCUT2D eigenvalue weighted by Gasteiger charge is 2.20. The van der Waals surface area contributed by atoms with Crippen molar-refractivity contribution in [3.8, 4) is 11.8 Å². The normalized spacial score (nSPS) is 10.5. The lowest BCUT2D eigenvalue weighted by molar-refractivity contribution is 0.0691. The predicted octanol–water partition coefficient (Wildman–Crippen LogP) is 1.63. The minimum atomic E-state index is -1.09. The zero-order chi connectivity index (χ0) is 14.2.